The average Bonchev–Trinajstić information content (AvgIpc) is 2.73. The Balaban J connectivity index is 1.47. The molecule has 2 aromatic carbocycles. The van der Waals surface area contributed by atoms with Crippen LogP contribution in [0.3, 0.4) is 0 Å². The molecule has 176 valence electrons. The summed E-state index contributed by atoms with van der Waals surface area (Å²) in [7, 11) is -3.49. The summed E-state index contributed by atoms with van der Waals surface area (Å²) in [5.41, 5.74) is 1.91. The number of carbonyl (C=O) groups is 1. The van der Waals surface area contributed by atoms with Crippen molar-refractivity contribution in [1.82, 2.24) is 15.1 Å². The first-order valence-corrected chi connectivity index (χ1v) is 12.9. The van der Waals surface area contributed by atoms with Gasteiger partial charge in [-0.05, 0) is 41.5 Å². The van der Waals surface area contributed by atoms with Gasteiger partial charge in [-0.2, -0.15) is 0 Å². The van der Waals surface area contributed by atoms with Crippen molar-refractivity contribution in [1.29, 1.82) is 0 Å². The number of benzene rings is 2. The van der Waals surface area contributed by atoms with E-state index < -0.39 is 10.0 Å². The van der Waals surface area contributed by atoms with Crippen LogP contribution >= 0.6 is 11.6 Å². The van der Waals surface area contributed by atoms with Crippen LogP contribution in [0.15, 0.2) is 48.5 Å². The van der Waals surface area contributed by atoms with E-state index in [1.807, 2.05) is 4.90 Å². The van der Waals surface area contributed by atoms with Crippen molar-refractivity contribution in [3.63, 3.8) is 0 Å². The molecule has 0 aromatic heterocycles. The van der Waals surface area contributed by atoms with Gasteiger partial charge in [0.05, 0.1) is 24.0 Å². The Kier molecular flexibility index (Phi) is 7.04. The van der Waals surface area contributed by atoms with Gasteiger partial charge in [-0.1, -0.05) is 29.8 Å². The normalized spacial score (nSPS) is 21.4. The first-order chi connectivity index (χ1) is 15.7. The molecule has 10 heteroatoms. The van der Waals surface area contributed by atoms with E-state index in [-0.39, 0.29) is 23.8 Å². The molecule has 2 fully saturated rings. The number of fused-ring (bicyclic) bond motifs is 2. The maximum Gasteiger partial charge on any atom is 0.247 e. The highest BCUT2D eigenvalue weighted by atomic mass is 35.5. The topological polar surface area (TPSA) is 81.8 Å². The van der Waals surface area contributed by atoms with Gasteiger partial charge in [0.1, 0.15) is 5.82 Å². The molecule has 2 aliphatic rings. The number of carbonyl (C=O) groups excluding carboxylic acids is 1. The highest BCUT2D eigenvalue weighted by Gasteiger charge is 2.39. The second-order valence-electron chi connectivity index (χ2n) is 8.47. The summed E-state index contributed by atoms with van der Waals surface area (Å²) in [5.74, 6) is -0.370. The fraction of sp³-hybridized carbons (Fsp3) is 0.348. The summed E-state index contributed by atoms with van der Waals surface area (Å²) in [5, 5.41) is 3.78. The van der Waals surface area contributed by atoms with Crippen LogP contribution in [-0.4, -0.2) is 68.6 Å². The number of rotatable bonds is 6. The van der Waals surface area contributed by atoms with Crippen LogP contribution in [0, 0.1) is 5.82 Å². The number of hydrogen-bond acceptors (Lipinski definition) is 5. The molecule has 2 bridgehead atoms. The van der Waals surface area contributed by atoms with Crippen LogP contribution in [0.2, 0.25) is 5.02 Å². The lowest BCUT2D eigenvalue weighted by Gasteiger charge is -2.50. The van der Waals surface area contributed by atoms with Crippen LogP contribution in [0.25, 0.3) is 6.08 Å². The van der Waals surface area contributed by atoms with Crippen LogP contribution in [0.1, 0.15) is 11.1 Å². The number of anilines is 1. The minimum Gasteiger partial charge on any atom is -0.328 e. The fourth-order valence-corrected chi connectivity index (χ4v) is 5.18. The molecular weight excluding hydrogens is 467 g/mol. The predicted molar refractivity (Wildman–Crippen MR) is 128 cm³/mol. The molecule has 2 aliphatic heterocycles. The number of piperazine rings is 2. The van der Waals surface area contributed by atoms with Crippen molar-refractivity contribution in [2.45, 2.75) is 18.6 Å². The van der Waals surface area contributed by atoms with Crippen LogP contribution in [-0.2, 0) is 21.4 Å². The van der Waals surface area contributed by atoms with E-state index >= 15 is 0 Å². The summed E-state index contributed by atoms with van der Waals surface area (Å²) >= 11 is 6.01. The third kappa shape index (κ3) is 6.11. The average molecular weight is 493 g/mol. The van der Waals surface area contributed by atoms with Gasteiger partial charge in [0.15, 0.2) is 0 Å². The van der Waals surface area contributed by atoms with Crippen LogP contribution in [0.4, 0.5) is 10.1 Å². The molecule has 0 aliphatic carbocycles. The Morgan fingerprint density at radius 3 is 2.48 bits per heavy atom. The summed E-state index contributed by atoms with van der Waals surface area (Å²) in [6, 6.07) is 11.4. The van der Waals surface area contributed by atoms with Crippen molar-refractivity contribution >= 4 is 39.3 Å². The van der Waals surface area contributed by atoms with Gasteiger partial charge in [0, 0.05) is 43.8 Å². The molecule has 0 radical (unpaired) electrons. The van der Waals surface area contributed by atoms with Crippen molar-refractivity contribution in [2.24, 2.45) is 0 Å². The van der Waals surface area contributed by atoms with E-state index in [9.17, 15) is 17.6 Å². The van der Waals surface area contributed by atoms with Gasteiger partial charge < -0.3 is 10.2 Å². The van der Waals surface area contributed by atoms with Gasteiger partial charge >= 0.3 is 0 Å². The molecule has 2 saturated heterocycles. The van der Waals surface area contributed by atoms with E-state index in [1.165, 1.54) is 24.3 Å². The fourth-order valence-electron chi connectivity index (χ4n) is 4.43. The lowest BCUT2D eigenvalue weighted by molar-refractivity contribution is -0.136. The third-order valence-electron chi connectivity index (χ3n) is 5.77. The second kappa shape index (κ2) is 9.80. The minimum absolute atomic E-state index is 0.00827. The number of nitrogens with one attached hydrogen (secondary N) is 2. The van der Waals surface area contributed by atoms with Crippen molar-refractivity contribution < 1.29 is 17.6 Å². The van der Waals surface area contributed by atoms with Crippen LogP contribution in [0.5, 0.6) is 0 Å². The lowest BCUT2D eigenvalue weighted by atomic mass is 10.0. The molecule has 2 atom stereocenters. The van der Waals surface area contributed by atoms with E-state index in [0.717, 1.165) is 11.8 Å². The maximum absolute atomic E-state index is 13.2. The van der Waals surface area contributed by atoms with Gasteiger partial charge in [0.2, 0.25) is 15.9 Å². The van der Waals surface area contributed by atoms with Gasteiger partial charge in [-0.15, -0.1) is 0 Å². The van der Waals surface area contributed by atoms with Crippen molar-refractivity contribution in [3.05, 3.63) is 70.5 Å². The summed E-state index contributed by atoms with van der Waals surface area (Å²) < 4.78 is 39.0. The SMILES string of the molecule is CS(=O)(=O)Nc1cc(Cl)ccc1C=CC(=O)N1C2CNCC1CN(Cc1ccc(F)cc1)C2. The third-order valence-corrected chi connectivity index (χ3v) is 6.60. The molecule has 7 nitrogen and oxygen atoms in total. The zero-order valence-electron chi connectivity index (χ0n) is 18.2. The Morgan fingerprint density at radius 1 is 1.18 bits per heavy atom. The molecule has 4 rings (SSSR count). The lowest BCUT2D eigenvalue weighted by Crippen LogP contribution is -2.68. The van der Waals surface area contributed by atoms with E-state index in [0.29, 0.717) is 49.0 Å². The molecule has 0 saturated carbocycles. The molecule has 2 N–H and O–H groups in total. The zero-order valence-corrected chi connectivity index (χ0v) is 19.7. The number of sulfonamides is 1. The smallest absolute Gasteiger partial charge is 0.247 e. The number of amides is 1. The summed E-state index contributed by atoms with van der Waals surface area (Å²) in [4.78, 5) is 17.3. The monoisotopic (exact) mass is 492 g/mol. The Labute approximate surface area is 198 Å². The molecule has 1 amide bonds. The first kappa shape index (κ1) is 23.7. The Hall–Kier alpha value is -2.46. The second-order valence-corrected chi connectivity index (χ2v) is 10.7. The number of halogens is 2. The van der Waals surface area contributed by atoms with E-state index in [1.54, 1.807) is 30.3 Å². The van der Waals surface area contributed by atoms with Crippen molar-refractivity contribution in [3.8, 4) is 0 Å². The Bertz CT molecular complexity index is 1140. The zero-order chi connectivity index (χ0) is 23.6. The molecule has 33 heavy (non-hydrogen) atoms. The Morgan fingerprint density at radius 2 is 1.85 bits per heavy atom. The highest BCUT2D eigenvalue weighted by Crippen LogP contribution is 2.25. The maximum atomic E-state index is 13.2. The van der Waals surface area contributed by atoms with E-state index in [4.69, 9.17) is 11.6 Å². The van der Waals surface area contributed by atoms with Gasteiger partial charge in [-0.25, -0.2) is 12.8 Å². The first-order valence-electron chi connectivity index (χ1n) is 10.6. The van der Waals surface area contributed by atoms with Crippen LogP contribution < -0.4 is 10.0 Å². The molecular formula is C23H26ClFN4O3S. The standard InChI is InChI=1S/C23H26ClFN4O3S/c1-33(31,32)27-22-10-18(24)6-4-17(22)5-9-23(30)29-20-11-26-12-21(29)15-28(14-20)13-16-2-7-19(25)8-3-16/h2-10,20-21,26-27H,11-15H2,1H3. The van der Waals surface area contributed by atoms with Gasteiger partial charge in [-0.3, -0.25) is 14.4 Å². The number of nitrogens with zero attached hydrogens (tertiary/aromatic N) is 2. The largest absolute Gasteiger partial charge is 0.328 e. The summed E-state index contributed by atoms with van der Waals surface area (Å²) in [6.07, 6.45) is 4.16. The van der Waals surface area contributed by atoms with Crippen molar-refractivity contribution in [2.75, 3.05) is 37.2 Å². The minimum atomic E-state index is -3.49. The van der Waals surface area contributed by atoms with E-state index in [2.05, 4.69) is 14.9 Å². The number of hydrogen-bond donors (Lipinski definition) is 2. The summed E-state index contributed by atoms with van der Waals surface area (Å²) in [6.45, 7) is 3.51. The van der Waals surface area contributed by atoms with Gasteiger partial charge in [0.25, 0.3) is 0 Å². The molecule has 2 heterocycles. The molecule has 2 aromatic rings. The predicted octanol–water partition coefficient (Wildman–Crippen LogP) is 2.55. The molecule has 0 spiro atoms. The molecule has 2 unspecified atom stereocenters. The quantitative estimate of drug-likeness (QED) is 0.606. The highest BCUT2D eigenvalue weighted by molar-refractivity contribution is 7.92.